The van der Waals surface area contributed by atoms with Crippen LogP contribution in [0.15, 0.2) is 40.9 Å². The number of nitrogens with zero attached hydrogens (tertiary/aromatic N) is 1. The number of carbonyl (C=O) groups is 2. The van der Waals surface area contributed by atoms with Crippen molar-refractivity contribution >= 4 is 12.2 Å². The maximum absolute atomic E-state index is 12.0. The van der Waals surface area contributed by atoms with Crippen LogP contribution in [0, 0.1) is 5.92 Å². The molecule has 1 N–H and O–H groups in total. The predicted octanol–water partition coefficient (Wildman–Crippen LogP) is 2.05. The first kappa shape index (κ1) is 12.6. The Morgan fingerprint density at radius 1 is 1.30 bits per heavy atom. The van der Waals surface area contributed by atoms with E-state index in [2.05, 4.69) is 10.5 Å². The molecule has 20 heavy (non-hydrogen) atoms. The molecule has 5 heteroatoms. The molecule has 0 unspecified atom stereocenters. The summed E-state index contributed by atoms with van der Waals surface area (Å²) in [5.41, 5.74) is 1.54. The monoisotopic (exact) mass is 270 g/mol. The smallest absolute Gasteiger partial charge is 0.290 e. The fourth-order valence-electron chi connectivity index (χ4n) is 2.27. The maximum atomic E-state index is 12.0. The van der Waals surface area contributed by atoms with Gasteiger partial charge in [-0.25, -0.2) is 0 Å². The molecular weight excluding hydrogens is 256 g/mol. The molecule has 0 spiro atoms. The lowest BCUT2D eigenvalue weighted by Gasteiger charge is -2.31. The molecule has 102 valence electrons. The first-order valence-corrected chi connectivity index (χ1v) is 6.54. The number of rotatable bonds is 4. The van der Waals surface area contributed by atoms with Crippen LogP contribution in [-0.4, -0.2) is 23.4 Å². The number of amides is 1. The number of hydrogen-bond acceptors (Lipinski definition) is 4. The van der Waals surface area contributed by atoms with Gasteiger partial charge < -0.3 is 14.6 Å². The quantitative estimate of drug-likeness (QED) is 0.863. The Hall–Kier alpha value is -2.43. The van der Waals surface area contributed by atoms with E-state index in [1.165, 1.54) is 0 Å². The summed E-state index contributed by atoms with van der Waals surface area (Å²) in [6.07, 6.45) is 2.34. The van der Waals surface area contributed by atoms with E-state index in [0.717, 1.165) is 11.8 Å². The first-order valence-electron chi connectivity index (χ1n) is 6.54. The highest BCUT2D eigenvalue weighted by atomic mass is 16.5. The minimum absolute atomic E-state index is 0.0583. The molecule has 1 heterocycles. The van der Waals surface area contributed by atoms with Crippen molar-refractivity contribution in [2.24, 2.45) is 5.92 Å². The summed E-state index contributed by atoms with van der Waals surface area (Å²) in [5, 5.41) is 6.73. The lowest BCUT2D eigenvalue weighted by atomic mass is 9.81. The summed E-state index contributed by atoms with van der Waals surface area (Å²) in [4.78, 5) is 22.5. The predicted molar refractivity (Wildman–Crippen MR) is 72.0 cm³/mol. The summed E-state index contributed by atoms with van der Waals surface area (Å²) >= 11 is 0. The van der Waals surface area contributed by atoms with E-state index in [1.807, 2.05) is 30.3 Å². The van der Waals surface area contributed by atoms with Crippen LogP contribution in [0.2, 0.25) is 0 Å². The summed E-state index contributed by atoms with van der Waals surface area (Å²) in [5.74, 6) is -0.0117. The van der Waals surface area contributed by atoms with E-state index in [0.29, 0.717) is 18.5 Å². The van der Waals surface area contributed by atoms with E-state index >= 15 is 0 Å². The number of aromatic nitrogens is 1. The van der Waals surface area contributed by atoms with E-state index in [9.17, 15) is 9.59 Å². The fraction of sp³-hybridized carbons (Fsp3) is 0.267. The zero-order chi connectivity index (χ0) is 13.9. The first-order chi connectivity index (χ1) is 9.76. The number of hydrogen-bond donors (Lipinski definition) is 1. The van der Waals surface area contributed by atoms with Crippen LogP contribution in [0.3, 0.4) is 0 Å². The lowest BCUT2D eigenvalue weighted by molar-refractivity contribution is -0.113. The van der Waals surface area contributed by atoms with Crippen molar-refractivity contribution in [1.82, 2.24) is 10.5 Å². The molecule has 1 aromatic carbocycles. The van der Waals surface area contributed by atoms with Crippen LogP contribution < -0.4 is 5.32 Å². The van der Waals surface area contributed by atoms with Gasteiger partial charge in [-0.1, -0.05) is 35.5 Å². The topological polar surface area (TPSA) is 72.2 Å². The van der Waals surface area contributed by atoms with E-state index < -0.39 is 0 Å². The van der Waals surface area contributed by atoms with Crippen molar-refractivity contribution in [3.8, 4) is 11.3 Å². The van der Waals surface area contributed by atoms with Gasteiger partial charge in [-0.05, 0) is 12.8 Å². The molecule has 1 fully saturated rings. The summed E-state index contributed by atoms with van der Waals surface area (Å²) in [7, 11) is 0. The molecule has 5 nitrogen and oxygen atoms in total. The number of aldehydes is 1. The number of carbonyl (C=O) groups excluding carboxylic acids is 2. The average molecular weight is 270 g/mol. The highest BCUT2D eigenvalue weighted by Crippen LogP contribution is 2.25. The van der Waals surface area contributed by atoms with Crippen molar-refractivity contribution in [1.29, 1.82) is 0 Å². The third-order valence-corrected chi connectivity index (χ3v) is 3.51. The third-order valence-electron chi connectivity index (χ3n) is 3.51. The molecule has 0 bridgehead atoms. The zero-order valence-electron chi connectivity index (χ0n) is 10.8. The fourth-order valence-corrected chi connectivity index (χ4v) is 2.27. The summed E-state index contributed by atoms with van der Waals surface area (Å²) in [6.45, 7) is 0. The number of nitrogens with one attached hydrogen (secondary N) is 1. The second kappa shape index (κ2) is 5.28. The van der Waals surface area contributed by atoms with Gasteiger partial charge in [-0.2, -0.15) is 0 Å². The van der Waals surface area contributed by atoms with E-state index in [4.69, 9.17) is 4.52 Å². The number of benzene rings is 1. The van der Waals surface area contributed by atoms with Gasteiger partial charge in [-0.3, -0.25) is 4.79 Å². The van der Waals surface area contributed by atoms with Gasteiger partial charge in [0.15, 0.2) is 0 Å². The molecule has 1 saturated carbocycles. The Morgan fingerprint density at radius 2 is 2.05 bits per heavy atom. The van der Waals surface area contributed by atoms with Gasteiger partial charge >= 0.3 is 0 Å². The average Bonchev–Trinajstić information content (AvgIpc) is 2.93. The van der Waals surface area contributed by atoms with Crippen LogP contribution >= 0.6 is 0 Å². The summed E-state index contributed by atoms with van der Waals surface area (Å²) in [6, 6.07) is 11.2. The van der Waals surface area contributed by atoms with Crippen LogP contribution in [0.4, 0.5) is 0 Å². The second-order valence-corrected chi connectivity index (χ2v) is 4.98. The molecule has 0 atom stereocenters. The molecule has 1 aliphatic carbocycles. The highest BCUT2D eigenvalue weighted by molar-refractivity contribution is 5.92. The Morgan fingerprint density at radius 3 is 2.75 bits per heavy atom. The van der Waals surface area contributed by atoms with Crippen molar-refractivity contribution < 1.29 is 14.1 Å². The van der Waals surface area contributed by atoms with Crippen molar-refractivity contribution in [3.05, 3.63) is 42.2 Å². The molecule has 1 aliphatic rings. The molecule has 1 amide bonds. The van der Waals surface area contributed by atoms with Gasteiger partial charge in [0, 0.05) is 23.6 Å². The van der Waals surface area contributed by atoms with Gasteiger partial charge in [-0.15, -0.1) is 0 Å². The molecule has 2 aromatic rings. The molecule has 1 aromatic heterocycles. The van der Waals surface area contributed by atoms with Gasteiger partial charge in [0.05, 0.1) is 0 Å². The maximum Gasteiger partial charge on any atom is 0.290 e. The van der Waals surface area contributed by atoms with Crippen molar-refractivity contribution in [2.45, 2.75) is 18.9 Å². The van der Waals surface area contributed by atoms with Crippen LogP contribution in [0.25, 0.3) is 11.3 Å². The highest BCUT2D eigenvalue weighted by Gasteiger charge is 2.30. The second-order valence-electron chi connectivity index (χ2n) is 4.98. The van der Waals surface area contributed by atoms with Crippen LogP contribution in [0.5, 0.6) is 0 Å². The zero-order valence-corrected chi connectivity index (χ0v) is 10.8. The van der Waals surface area contributed by atoms with Crippen molar-refractivity contribution in [2.75, 3.05) is 0 Å². The normalized spacial score (nSPS) is 21.0. The standard InChI is InChI=1S/C15H14N2O3/c18-9-10-6-12(7-10)16-15(19)14-8-13(17-20-14)11-4-2-1-3-5-11/h1-5,8-10,12H,6-7H2,(H,16,19). The Bertz CT molecular complexity index is 615. The SMILES string of the molecule is O=CC1CC(NC(=O)c2cc(-c3ccccc3)no2)C1. The molecule has 3 rings (SSSR count). The molecular formula is C15H14N2O3. The van der Waals surface area contributed by atoms with Crippen molar-refractivity contribution in [3.63, 3.8) is 0 Å². The minimum atomic E-state index is -0.283. The van der Waals surface area contributed by atoms with Crippen LogP contribution in [-0.2, 0) is 4.79 Å². The molecule has 0 aliphatic heterocycles. The Balaban J connectivity index is 1.65. The van der Waals surface area contributed by atoms with Gasteiger partial charge in [0.2, 0.25) is 5.76 Å². The van der Waals surface area contributed by atoms with Gasteiger partial charge in [0.1, 0.15) is 12.0 Å². The molecule has 0 saturated heterocycles. The minimum Gasteiger partial charge on any atom is -0.350 e. The summed E-state index contributed by atoms with van der Waals surface area (Å²) < 4.78 is 5.07. The molecule has 0 radical (unpaired) electrons. The Kier molecular flexibility index (Phi) is 3.33. The Labute approximate surface area is 116 Å². The van der Waals surface area contributed by atoms with E-state index in [1.54, 1.807) is 6.07 Å². The van der Waals surface area contributed by atoms with Crippen LogP contribution in [0.1, 0.15) is 23.4 Å². The lowest BCUT2D eigenvalue weighted by Crippen LogP contribution is -2.44. The van der Waals surface area contributed by atoms with Gasteiger partial charge in [0.25, 0.3) is 5.91 Å². The van der Waals surface area contributed by atoms with E-state index in [-0.39, 0.29) is 23.6 Å². The largest absolute Gasteiger partial charge is 0.350 e. The third kappa shape index (κ3) is 2.47.